The number of nitrogen functional groups attached to an aromatic ring is 1. The Bertz CT molecular complexity index is 682. The molecule has 0 unspecified atom stereocenters. The molecule has 3 rings (SSSR count). The van der Waals surface area contributed by atoms with Crippen LogP contribution in [0, 0.1) is 0 Å². The summed E-state index contributed by atoms with van der Waals surface area (Å²) < 4.78 is 5.40. The van der Waals surface area contributed by atoms with Crippen LogP contribution in [0.4, 0.5) is 11.4 Å². The van der Waals surface area contributed by atoms with Gasteiger partial charge in [-0.25, -0.2) is 0 Å². The molecule has 1 aliphatic heterocycles. The topological polar surface area (TPSA) is 55.6 Å². The van der Waals surface area contributed by atoms with E-state index in [0.29, 0.717) is 31.0 Å². The first-order chi connectivity index (χ1) is 10.2. The summed E-state index contributed by atoms with van der Waals surface area (Å²) >= 11 is 0. The Morgan fingerprint density at radius 3 is 2.71 bits per heavy atom. The first-order valence-corrected chi connectivity index (χ1v) is 7.06. The van der Waals surface area contributed by atoms with Gasteiger partial charge in [0.15, 0.2) is 0 Å². The van der Waals surface area contributed by atoms with Gasteiger partial charge in [0.1, 0.15) is 0 Å². The van der Waals surface area contributed by atoms with Gasteiger partial charge in [-0.3, -0.25) is 4.79 Å². The van der Waals surface area contributed by atoms with Crippen molar-refractivity contribution in [3.63, 3.8) is 0 Å². The average molecular weight is 282 g/mol. The SMILES string of the molecule is CCN(C(=O)c1ccc2c(c1)COC2)c1ccccc1N. The molecule has 0 bridgehead atoms. The summed E-state index contributed by atoms with van der Waals surface area (Å²) in [6, 6.07) is 13.2. The lowest BCUT2D eigenvalue weighted by atomic mass is 10.1. The van der Waals surface area contributed by atoms with Gasteiger partial charge < -0.3 is 15.4 Å². The highest BCUT2D eigenvalue weighted by Gasteiger charge is 2.20. The zero-order chi connectivity index (χ0) is 14.8. The fraction of sp³-hybridized carbons (Fsp3) is 0.235. The van der Waals surface area contributed by atoms with Crippen LogP contribution in [0.15, 0.2) is 42.5 Å². The van der Waals surface area contributed by atoms with Crippen LogP contribution in [0.3, 0.4) is 0 Å². The molecule has 21 heavy (non-hydrogen) atoms. The molecule has 0 atom stereocenters. The summed E-state index contributed by atoms with van der Waals surface area (Å²) in [4.78, 5) is 14.5. The van der Waals surface area contributed by atoms with Crippen LogP contribution in [0.5, 0.6) is 0 Å². The molecule has 0 saturated carbocycles. The standard InChI is InChI=1S/C17H18N2O2/c1-2-19(16-6-4-3-5-15(16)18)17(20)12-7-8-13-10-21-11-14(13)9-12/h3-9H,2,10-11,18H2,1H3. The minimum atomic E-state index is -0.0369. The lowest BCUT2D eigenvalue weighted by molar-refractivity contribution is 0.0988. The Morgan fingerprint density at radius 2 is 1.95 bits per heavy atom. The number of amides is 1. The van der Waals surface area contributed by atoms with E-state index in [1.54, 1.807) is 4.90 Å². The maximum atomic E-state index is 12.8. The molecule has 108 valence electrons. The van der Waals surface area contributed by atoms with Crippen LogP contribution >= 0.6 is 0 Å². The largest absolute Gasteiger partial charge is 0.397 e. The van der Waals surface area contributed by atoms with Gasteiger partial charge in [0.25, 0.3) is 5.91 Å². The van der Waals surface area contributed by atoms with E-state index in [-0.39, 0.29) is 5.91 Å². The van der Waals surface area contributed by atoms with Gasteiger partial charge in [0, 0.05) is 12.1 Å². The molecule has 0 radical (unpaired) electrons. The number of para-hydroxylation sites is 2. The van der Waals surface area contributed by atoms with Crippen molar-refractivity contribution in [2.45, 2.75) is 20.1 Å². The Labute approximate surface area is 124 Å². The fourth-order valence-corrected chi connectivity index (χ4v) is 2.62. The second-order valence-corrected chi connectivity index (χ2v) is 5.08. The second kappa shape index (κ2) is 5.58. The molecule has 1 heterocycles. The highest BCUT2D eigenvalue weighted by atomic mass is 16.5. The lowest BCUT2D eigenvalue weighted by Crippen LogP contribution is -2.31. The monoisotopic (exact) mass is 282 g/mol. The van der Waals surface area contributed by atoms with Gasteiger partial charge >= 0.3 is 0 Å². The van der Waals surface area contributed by atoms with Crippen LogP contribution in [0.2, 0.25) is 0 Å². The number of rotatable bonds is 3. The van der Waals surface area contributed by atoms with Crippen molar-refractivity contribution in [2.24, 2.45) is 0 Å². The first-order valence-electron chi connectivity index (χ1n) is 7.06. The zero-order valence-corrected chi connectivity index (χ0v) is 12.0. The Hall–Kier alpha value is -2.33. The zero-order valence-electron chi connectivity index (χ0n) is 12.0. The number of carbonyl (C=O) groups excluding carboxylic acids is 1. The van der Waals surface area contributed by atoms with Crippen molar-refractivity contribution in [3.05, 3.63) is 59.2 Å². The molecule has 2 aromatic carbocycles. The number of ether oxygens (including phenoxy) is 1. The number of hydrogen-bond acceptors (Lipinski definition) is 3. The van der Waals surface area contributed by atoms with Crippen molar-refractivity contribution >= 4 is 17.3 Å². The van der Waals surface area contributed by atoms with Gasteiger partial charge in [0.05, 0.1) is 24.6 Å². The molecule has 4 nitrogen and oxygen atoms in total. The summed E-state index contributed by atoms with van der Waals surface area (Å²) in [6.07, 6.45) is 0. The maximum Gasteiger partial charge on any atom is 0.258 e. The quantitative estimate of drug-likeness (QED) is 0.881. The molecular formula is C17H18N2O2. The molecular weight excluding hydrogens is 264 g/mol. The van der Waals surface area contributed by atoms with Crippen molar-refractivity contribution < 1.29 is 9.53 Å². The van der Waals surface area contributed by atoms with E-state index in [9.17, 15) is 4.79 Å². The number of hydrogen-bond donors (Lipinski definition) is 1. The van der Waals surface area contributed by atoms with E-state index in [0.717, 1.165) is 16.8 Å². The molecule has 0 spiro atoms. The third-order valence-electron chi connectivity index (χ3n) is 3.76. The van der Waals surface area contributed by atoms with E-state index < -0.39 is 0 Å². The van der Waals surface area contributed by atoms with E-state index in [1.165, 1.54) is 0 Å². The molecule has 2 N–H and O–H groups in total. The summed E-state index contributed by atoms with van der Waals surface area (Å²) in [5.41, 5.74) is 10.3. The summed E-state index contributed by atoms with van der Waals surface area (Å²) in [5.74, 6) is -0.0369. The Kier molecular flexibility index (Phi) is 3.62. The van der Waals surface area contributed by atoms with Crippen LogP contribution in [-0.2, 0) is 18.0 Å². The molecule has 1 aliphatic rings. The highest BCUT2D eigenvalue weighted by molar-refractivity contribution is 6.07. The van der Waals surface area contributed by atoms with Crippen molar-refractivity contribution in [3.8, 4) is 0 Å². The second-order valence-electron chi connectivity index (χ2n) is 5.08. The Morgan fingerprint density at radius 1 is 1.19 bits per heavy atom. The molecule has 0 fully saturated rings. The maximum absolute atomic E-state index is 12.8. The average Bonchev–Trinajstić information content (AvgIpc) is 2.97. The molecule has 0 aliphatic carbocycles. The fourth-order valence-electron chi connectivity index (χ4n) is 2.62. The molecule has 2 aromatic rings. The van der Waals surface area contributed by atoms with Crippen LogP contribution in [0.1, 0.15) is 28.4 Å². The normalized spacial score (nSPS) is 13.0. The smallest absolute Gasteiger partial charge is 0.258 e. The van der Waals surface area contributed by atoms with Crippen LogP contribution < -0.4 is 10.6 Å². The number of benzene rings is 2. The Balaban J connectivity index is 1.94. The lowest BCUT2D eigenvalue weighted by Gasteiger charge is -2.23. The molecule has 0 saturated heterocycles. The molecule has 0 aromatic heterocycles. The highest BCUT2D eigenvalue weighted by Crippen LogP contribution is 2.26. The van der Waals surface area contributed by atoms with Crippen LogP contribution in [0.25, 0.3) is 0 Å². The van der Waals surface area contributed by atoms with Gasteiger partial charge in [-0.2, -0.15) is 0 Å². The number of carbonyl (C=O) groups is 1. The van der Waals surface area contributed by atoms with Gasteiger partial charge in [0.2, 0.25) is 0 Å². The minimum absolute atomic E-state index is 0.0369. The van der Waals surface area contributed by atoms with Crippen LogP contribution in [-0.4, -0.2) is 12.5 Å². The summed E-state index contributed by atoms with van der Waals surface area (Å²) in [5, 5.41) is 0. The van der Waals surface area contributed by atoms with E-state index in [4.69, 9.17) is 10.5 Å². The number of nitrogens with zero attached hydrogens (tertiary/aromatic N) is 1. The number of anilines is 2. The van der Waals surface area contributed by atoms with Crippen molar-refractivity contribution in [1.82, 2.24) is 0 Å². The predicted octanol–water partition coefficient (Wildman–Crippen LogP) is 2.97. The third kappa shape index (κ3) is 2.50. The van der Waals surface area contributed by atoms with Crippen molar-refractivity contribution in [2.75, 3.05) is 17.2 Å². The summed E-state index contributed by atoms with van der Waals surface area (Å²) in [7, 11) is 0. The number of fused-ring (bicyclic) bond motifs is 1. The van der Waals surface area contributed by atoms with E-state index in [2.05, 4.69) is 0 Å². The third-order valence-corrected chi connectivity index (χ3v) is 3.76. The summed E-state index contributed by atoms with van der Waals surface area (Å²) in [6.45, 7) is 3.73. The van der Waals surface area contributed by atoms with Gasteiger partial charge in [-0.1, -0.05) is 18.2 Å². The minimum Gasteiger partial charge on any atom is -0.397 e. The molecule has 1 amide bonds. The molecule has 4 heteroatoms. The van der Waals surface area contributed by atoms with Gasteiger partial charge in [-0.05, 0) is 42.3 Å². The predicted molar refractivity (Wildman–Crippen MR) is 83.1 cm³/mol. The van der Waals surface area contributed by atoms with E-state index >= 15 is 0 Å². The number of nitrogens with two attached hydrogens (primary N) is 1. The van der Waals surface area contributed by atoms with Crippen molar-refractivity contribution in [1.29, 1.82) is 0 Å². The van der Waals surface area contributed by atoms with Gasteiger partial charge in [-0.15, -0.1) is 0 Å². The van der Waals surface area contributed by atoms with E-state index in [1.807, 2.05) is 49.4 Å². The first kappa shape index (κ1) is 13.6.